The molecule has 1 rings (SSSR count). The Morgan fingerprint density at radius 1 is 1.18 bits per heavy atom. The van der Waals surface area contributed by atoms with Crippen LogP contribution < -0.4 is 5.73 Å². The highest BCUT2D eigenvalue weighted by molar-refractivity contribution is 4.87. The SMILES string of the molecule is CC1(C)CCCC(C)(CN)C1. The van der Waals surface area contributed by atoms with Crippen LogP contribution in [0.4, 0.5) is 0 Å². The number of nitrogens with two attached hydrogens (primary N) is 1. The molecule has 0 aromatic carbocycles. The molecule has 11 heavy (non-hydrogen) atoms. The van der Waals surface area contributed by atoms with Crippen LogP contribution in [0.15, 0.2) is 0 Å². The van der Waals surface area contributed by atoms with Crippen molar-refractivity contribution < 1.29 is 0 Å². The van der Waals surface area contributed by atoms with Crippen molar-refractivity contribution in [3.63, 3.8) is 0 Å². The molecule has 0 heterocycles. The van der Waals surface area contributed by atoms with Crippen molar-refractivity contribution in [3.8, 4) is 0 Å². The van der Waals surface area contributed by atoms with Crippen LogP contribution in [0.5, 0.6) is 0 Å². The maximum absolute atomic E-state index is 5.76. The average molecular weight is 155 g/mol. The fraction of sp³-hybridized carbons (Fsp3) is 1.00. The summed E-state index contributed by atoms with van der Waals surface area (Å²) in [6.45, 7) is 7.91. The highest BCUT2D eigenvalue weighted by Crippen LogP contribution is 2.45. The lowest BCUT2D eigenvalue weighted by atomic mass is 9.64. The zero-order valence-corrected chi connectivity index (χ0v) is 8.11. The molecule has 0 amide bonds. The molecule has 1 heteroatoms. The Hall–Kier alpha value is -0.0400. The molecule has 0 bridgehead atoms. The fourth-order valence-corrected chi connectivity index (χ4v) is 2.50. The van der Waals surface area contributed by atoms with E-state index in [-0.39, 0.29) is 0 Å². The van der Waals surface area contributed by atoms with Crippen LogP contribution in [0, 0.1) is 10.8 Å². The molecule has 1 atom stereocenters. The lowest BCUT2D eigenvalue weighted by Gasteiger charge is -2.42. The molecule has 1 nitrogen and oxygen atoms in total. The van der Waals surface area contributed by atoms with Crippen LogP contribution in [0.25, 0.3) is 0 Å². The maximum atomic E-state index is 5.76. The monoisotopic (exact) mass is 155 g/mol. The summed E-state index contributed by atoms with van der Waals surface area (Å²) in [4.78, 5) is 0. The van der Waals surface area contributed by atoms with E-state index in [1.165, 1.54) is 25.7 Å². The average Bonchev–Trinajstić information content (AvgIpc) is 1.85. The molecule has 0 radical (unpaired) electrons. The first kappa shape index (κ1) is 9.05. The van der Waals surface area contributed by atoms with Crippen molar-refractivity contribution in [1.82, 2.24) is 0 Å². The minimum atomic E-state index is 0.432. The van der Waals surface area contributed by atoms with Crippen LogP contribution in [-0.4, -0.2) is 6.54 Å². The van der Waals surface area contributed by atoms with Crippen LogP contribution in [-0.2, 0) is 0 Å². The van der Waals surface area contributed by atoms with E-state index >= 15 is 0 Å². The minimum absolute atomic E-state index is 0.432. The Bertz CT molecular complexity index is 140. The summed E-state index contributed by atoms with van der Waals surface area (Å²) in [5.74, 6) is 0. The zero-order valence-electron chi connectivity index (χ0n) is 8.11. The molecule has 1 aliphatic carbocycles. The third kappa shape index (κ3) is 2.19. The Morgan fingerprint density at radius 3 is 2.18 bits per heavy atom. The van der Waals surface area contributed by atoms with Gasteiger partial charge in [0.05, 0.1) is 0 Å². The first-order valence-corrected chi connectivity index (χ1v) is 4.68. The van der Waals surface area contributed by atoms with E-state index in [9.17, 15) is 0 Å². The summed E-state index contributed by atoms with van der Waals surface area (Å²) in [6, 6.07) is 0. The lowest BCUT2D eigenvalue weighted by molar-refractivity contribution is 0.107. The molecule has 66 valence electrons. The molecule has 1 fully saturated rings. The Morgan fingerprint density at radius 2 is 1.82 bits per heavy atom. The van der Waals surface area contributed by atoms with Crippen LogP contribution >= 0.6 is 0 Å². The van der Waals surface area contributed by atoms with E-state index in [0.29, 0.717) is 10.8 Å². The highest BCUT2D eigenvalue weighted by Gasteiger charge is 2.35. The number of rotatable bonds is 1. The first-order valence-electron chi connectivity index (χ1n) is 4.68. The van der Waals surface area contributed by atoms with Gasteiger partial charge < -0.3 is 5.73 Å². The van der Waals surface area contributed by atoms with Crippen molar-refractivity contribution in [3.05, 3.63) is 0 Å². The predicted molar refractivity (Wildman–Crippen MR) is 49.4 cm³/mol. The van der Waals surface area contributed by atoms with E-state index in [1.54, 1.807) is 0 Å². The third-order valence-corrected chi connectivity index (χ3v) is 3.03. The Kier molecular flexibility index (Phi) is 2.29. The van der Waals surface area contributed by atoms with Gasteiger partial charge in [0, 0.05) is 0 Å². The van der Waals surface area contributed by atoms with Crippen molar-refractivity contribution in [1.29, 1.82) is 0 Å². The van der Waals surface area contributed by atoms with E-state index in [1.807, 2.05) is 0 Å². The summed E-state index contributed by atoms with van der Waals surface area (Å²) < 4.78 is 0. The van der Waals surface area contributed by atoms with Gasteiger partial charge >= 0.3 is 0 Å². The van der Waals surface area contributed by atoms with Gasteiger partial charge in [-0.3, -0.25) is 0 Å². The fourth-order valence-electron chi connectivity index (χ4n) is 2.50. The standard InChI is InChI=1S/C10H21N/c1-9(2)5-4-6-10(3,7-9)8-11/h4-8,11H2,1-3H3. The van der Waals surface area contributed by atoms with Gasteiger partial charge in [-0.2, -0.15) is 0 Å². The van der Waals surface area contributed by atoms with Crippen molar-refractivity contribution in [2.75, 3.05) is 6.54 Å². The summed E-state index contributed by atoms with van der Waals surface area (Å²) in [5.41, 5.74) is 6.72. The van der Waals surface area contributed by atoms with Crippen LogP contribution in [0.3, 0.4) is 0 Å². The summed E-state index contributed by atoms with van der Waals surface area (Å²) >= 11 is 0. The van der Waals surface area contributed by atoms with Gasteiger partial charge in [-0.05, 0) is 36.6 Å². The molecule has 0 saturated heterocycles. The number of hydrogen-bond donors (Lipinski definition) is 1. The van der Waals surface area contributed by atoms with Gasteiger partial charge in [0.2, 0.25) is 0 Å². The molecular formula is C10H21N. The van der Waals surface area contributed by atoms with Crippen LogP contribution in [0.2, 0.25) is 0 Å². The Labute approximate surface area is 70.4 Å². The van der Waals surface area contributed by atoms with E-state index < -0.39 is 0 Å². The predicted octanol–water partition coefficient (Wildman–Crippen LogP) is 2.55. The van der Waals surface area contributed by atoms with Gasteiger partial charge in [0.1, 0.15) is 0 Å². The van der Waals surface area contributed by atoms with Crippen molar-refractivity contribution in [2.45, 2.75) is 46.5 Å². The normalized spacial score (nSPS) is 37.1. The molecule has 0 aromatic rings. The summed E-state index contributed by atoms with van der Waals surface area (Å²) in [7, 11) is 0. The van der Waals surface area contributed by atoms with Crippen molar-refractivity contribution >= 4 is 0 Å². The maximum Gasteiger partial charge on any atom is -0.00230 e. The molecular weight excluding hydrogens is 134 g/mol. The van der Waals surface area contributed by atoms with Gasteiger partial charge in [-0.25, -0.2) is 0 Å². The van der Waals surface area contributed by atoms with Gasteiger partial charge in [-0.15, -0.1) is 0 Å². The second-order valence-electron chi connectivity index (χ2n) is 5.21. The quantitative estimate of drug-likeness (QED) is 0.618. The van der Waals surface area contributed by atoms with E-state index in [2.05, 4.69) is 20.8 Å². The number of hydrogen-bond acceptors (Lipinski definition) is 1. The molecule has 1 saturated carbocycles. The molecule has 1 unspecified atom stereocenters. The van der Waals surface area contributed by atoms with Gasteiger partial charge in [-0.1, -0.05) is 27.2 Å². The minimum Gasteiger partial charge on any atom is -0.330 e. The topological polar surface area (TPSA) is 26.0 Å². The largest absolute Gasteiger partial charge is 0.330 e. The first-order chi connectivity index (χ1) is 4.97. The molecule has 0 aliphatic heterocycles. The smallest absolute Gasteiger partial charge is 0.00230 e. The van der Waals surface area contributed by atoms with Gasteiger partial charge in [0.25, 0.3) is 0 Å². The highest BCUT2D eigenvalue weighted by atomic mass is 14.6. The van der Waals surface area contributed by atoms with Crippen molar-refractivity contribution in [2.24, 2.45) is 16.6 Å². The molecule has 0 spiro atoms. The zero-order chi connectivity index (χ0) is 8.54. The molecule has 1 aliphatic rings. The van der Waals surface area contributed by atoms with E-state index in [4.69, 9.17) is 5.73 Å². The van der Waals surface area contributed by atoms with Crippen LogP contribution in [0.1, 0.15) is 46.5 Å². The molecule has 0 aromatic heterocycles. The second kappa shape index (κ2) is 2.78. The summed E-state index contributed by atoms with van der Waals surface area (Å²) in [5, 5.41) is 0. The second-order valence-corrected chi connectivity index (χ2v) is 5.21. The molecule has 2 N–H and O–H groups in total. The Balaban J connectivity index is 2.59. The van der Waals surface area contributed by atoms with E-state index in [0.717, 1.165) is 6.54 Å². The third-order valence-electron chi connectivity index (χ3n) is 3.03. The lowest BCUT2D eigenvalue weighted by Crippen LogP contribution is -2.36. The van der Waals surface area contributed by atoms with Gasteiger partial charge in [0.15, 0.2) is 0 Å². The summed E-state index contributed by atoms with van der Waals surface area (Å²) in [6.07, 6.45) is 5.37.